The van der Waals surface area contributed by atoms with Gasteiger partial charge in [0.15, 0.2) is 11.9 Å². The molecule has 1 unspecified atom stereocenters. The molecule has 0 radical (unpaired) electrons. The van der Waals surface area contributed by atoms with Crippen molar-refractivity contribution in [3.8, 4) is 0 Å². The normalized spacial score (nSPS) is 22.2. The third-order valence-corrected chi connectivity index (χ3v) is 1.22. The van der Waals surface area contributed by atoms with Gasteiger partial charge in [0.1, 0.15) is 0 Å². The van der Waals surface area contributed by atoms with E-state index in [1.165, 1.54) is 18.5 Å². The van der Waals surface area contributed by atoms with E-state index in [0.717, 1.165) is 0 Å². The second-order valence-corrected chi connectivity index (χ2v) is 2.06. The number of aliphatic imine (C=N–C) groups is 1. The van der Waals surface area contributed by atoms with Gasteiger partial charge in [-0.3, -0.25) is 9.79 Å². The summed E-state index contributed by atoms with van der Waals surface area (Å²) in [6.45, 7) is 3.84. The van der Waals surface area contributed by atoms with E-state index in [2.05, 4.69) is 11.6 Å². The number of hydrogen-bond acceptors (Lipinski definition) is 3. The van der Waals surface area contributed by atoms with Gasteiger partial charge in [0.25, 0.3) is 0 Å². The third kappa shape index (κ3) is 2.13. The maximum absolute atomic E-state index is 11.0. The van der Waals surface area contributed by atoms with Crippen molar-refractivity contribution >= 4 is 12.0 Å². The van der Waals surface area contributed by atoms with Crippen molar-refractivity contribution in [2.45, 2.75) is 6.10 Å². The molecule has 0 bridgehead atoms. The van der Waals surface area contributed by atoms with Crippen LogP contribution in [0.25, 0.3) is 0 Å². The summed E-state index contributed by atoms with van der Waals surface area (Å²) in [4.78, 5) is 14.7. The zero-order chi connectivity index (χ0) is 8.10. The summed E-state index contributed by atoms with van der Waals surface area (Å²) in [5, 5.41) is 0. The van der Waals surface area contributed by atoms with Crippen molar-refractivity contribution in [3.63, 3.8) is 0 Å². The molecule has 0 aliphatic carbocycles. The summed E-state index contributed by atoms with van der Waals surface area (Å²) in [6.07, 6.45) is 5.41. The SMILES string of the molecule is C=CCOC1C=NC=CC1=O. The molecule has 0 aromatic heterocycles. The predicted octanol–water partition coefficient (Wildman–Crippen LogP) is 0.725. The van der Waals surface area contributed by atoms with E-state index in [1.54, 1.807) is 6.08 Å². The molecule has 0 amide bonds. The molecule has 1 aliphatic rings. The number of nitrogens with zero attached hydrogens (tertiary/aromatic N) is 1. The first-order chi connectivity index (χ1) is 5.34. The van der Waals surface area contributed by atoms with Crippen molar-refractivity contribution in [2.75, 3.05) is 6.61 Å². The van der Waals surface area contributed by atoms with Crippen molar-refractivity contribution in [1.82, 2.24) is 0 Å². The Labute approximate surface area is 65.1 Å². The first kappa shape index (κ1) is 7.88. The summed E-state index contributed by atoms with van der Waals surface area (Å²) in [6, 6.07) is 0. The van der Waals surface area contributed by atoms with Crippen molar-refractivity contribution in [1.29, 1.82) is 0 Å². The molecular weight excluding hydrogens is 142 g/mol. The first-order valence-electron chi connectivity index (χ1n) is 3.31. The minimum absolute atomic E-state index is 0.0677. The Balaban J connectivity index is 2.45. The molecule has 1 atom stereocenters. The molecule has 1 heterocycles. The Morgan fingerprint density at radius 1 is 1.82 bits per heavy atom. The molecule has 3 heteroatoms. The van der Waals surface area contributed by atoms with Gasteiger partial charge in [-0.15, -0.1) is 6.58 Å². The van der Waals surface area contributed by atoms with Crippen molar-refractivity contribution in [2.24, 2.45) is 4.99 Å². The smallest absolute Gasteiger partial charge is 0.191 e. The highest BCUT2D eigenvalue weighted by atomic mass is 16.5. The van der Waals surface area contributed by atoms with Crippen LogP contribution in [0.1, 0.15) is 0 Å². The van der Waals surface area contributed by atoms with Gasteiger partial charge in [-0.1, -0.05) is 6.08 Å². The van der Waals surface area contributed by atoms with Crippen LogP contribution in [0.3, 0.4) is 0 Å². The van der Waals surface area contributed by atoms with Crippen LogP contribution in [0.4, 0.5) is 0 Å². The fourth-order valence-corrected chi connectivity index (χ4v) is 0.710. The highest BCUT2D eigenvalue weighted by molar-refractivity contribution is 6.06. The van der Waals surface area contributed by atoms with Crippen LogP contribution < -0.4 is 0 Å². The van der Waals surface area contributed by atoms with Gasteiger partial charge in [-0.05, 0) is 0 Å². The maximum Gasteiger partial charge on any atom is 0.191 e. The molecule has 0 aromatic rings. The lowest BCUT2D eigenvalue weighted by molar-refractivity contribution is -0.121. The van der Waals surface area contributed by atoms with E-state index in [9.17, 15) is 4.79 Å². The van der Waals surface area contributed by atoms with Gasteiger partial charge in [-0.2, -0.15) is 0 Å². The van der Waals surface area contributed by atoms with Gasteiger partial charge in [0.05, 0.1) is 6.61 Å². The summed E-state index contributed by atoms with van der Waals surface area (Å²) in [7, 11) is 0. The molecule has 0 fully saturated rings. The quantitative estimate of drug-likeness (QED) is 0.557. The monoisotopic (exact) mass is 151 g/mol. The summed E-state index contributed by atoms with van der Waals surface area (Å²) >= 11 is 0. The van der Waals surface area contributed by atoms with Crippen LogP contribution in [0.2, 0.25) is 0 Å². The van der Waals surface area contributed by atoms with Crippen LogP contribution in [0.5, 0.6) is 0 Å². The Morgan fingerprint density at radius 3 is 3.27 bits per heavy atom. The lowest BCUT2D eigenvalue weighted by Crippen LogP contribution is -2.25. The minimum Gasteiger partial charge on any atom is -0.360 e. The molecule has 11 heavy (non-hydrogen) atoms. The largest absolute Gasteiger partial charge is 0.360 e. The summed E-state index contributed by atoms with van der Waals surface area (Å²) in [5.74, 6) is -0.0677. The van der Waals surface area contributed by atoms with Crippen LogP contribution in [0.15, 0.2) is 29.9 Å². The highest BCUT2D eigenvalue weighted by Gasteiger charge is 2.14. The van der Waals surface area contributed by atoms with Crippen LogP contribution in [0, 0.1) is 0 Å². The van der Waals surface area contributed by atoms with E-state index in [-0.39, 0.29) is 5.78 Å². The molecule has 0 aromatic carbocycles. The van der Waals surface area contributed by atoms with Gasteiger partial charge in [-0.25, -0.2) is 0 Å². The second kappa shape index (κ2) is 3.83. The van der Waals surface area contributed by atoms with E-state index >= 15 is 0 Å². The van der Waals surface area contributed by atoms with Crippen LogP contribution in [-0.4, -0.2) is 24.7 Å². The fourth-order valence-electron chi connectivity index (χ4n) is 0.710. The standard InChI is InChI=1S/C8H9NO2/c1-2-5-11-8-6-9-4-3-7(8)10/h2-4,6,8H,1,5H2. The van der Waals surface area contributed by atoms with Crippen molar-refractivity contribution in [3.05, 3.63) is 24.9 Å². The summed E-state index contributed by atoms with van der Waals surface area (Å²) < 4.78 is 5.08. The zero-order valence-corrected chi connectivity index (χ0v) is 6.06. The molecule has 58 valence electrons. The van der Waals surface area contributed by atoms with Crippen LogP contribution in [-0.2, 0) is 9.53 Å². The highest BCUT2D eigenvalue weighted by Crippen LogP contribution is 1.98. The van der Waals surface area contributed by atoms with Crippen LogP contribution >= 0.6 is 0 Å². The Morgan fingerprint density at radius 2 is 2.64 bits per heavy atom. The van der Waals surface area contributed by atoms with Crippen molar-refractivity contribution < 1.29 is 9.53 Å². The third-order valence-electron chi connectivity index (χ3n) is 1.22. The second-order valence-electron chi connectivity index (χ2n) is 2.06. The minimum atomic E-state index is -0.516. The number of rotatable bonds is 3. The van der Waals surface area contributed by atoms with E-state index in [4.69, 9.17) is 4.74 Å². The van der Waals surface area contributed by atoms with E-state index in [1.807, 2.05) is 0 Å². The first-order valence-corrected chi connectivity index (χ1v) is 3.31. The van der Waals surface area contributed by atoms with Gasteiger partial charge in [0, 0.05) is 18.5 Å². The lowest BCUT2D eigenvalue weighted by atomic mass is 10.2. The fraction of sp³-hybridized carbons (Fsp3) is 0.250. The Kier molecular flexibility index (Phi) is 2.74. The average molecular weight is 151 g/mol. The lowest BCUT2D eigenvalue weighted by Gasteiger charge is -2.09. The number of hydrogen-bond donors (Lipinski definition) is 0. The molecule has 3 nitrogen and oxygen atoms in total. The van der Waals surface area contributed by atoms with Gasteiger partial charge < -0.3 is 4.74 Å². The molecule has 0 N–H and O–H groups in total. The molecule has 0 saturated carbocycles. The molecule has 1 rings (SSSR count). The maximum atomic E-state index is 11.0. The van der Waals surface area contributed by atoms with Gasteiger partial charge >= 0.3 is 0 Å². The van der Waals surface area contributed by atoms with Gasteiger partial charge in [0.2, 0.25) is 0 Å². The number of carbonyl (C=O) groups excluding carboxylic acids is 1. The Hall–Kier alpha value is -1.22. The predicted molar refractivity (Wildman–Crippen MR) is 42.6 cm³/mol. The molecule has 0 spiro atoms. The Bertz CT molecular complexity index is 218. The summed E-state index contributed by atoms with van der Waals surface area (Å²) in [5.41, 5.74) is 0. The molecule has 0 saturated heterocycles. The average Bonchev–Trinajstić information content (AvgIpc) is 2.03. The zero-order valence-electron chi connectivity index (χ0n) is 6.06. The molecular formula is C8H9NO2. The topological polar surface area (TPSA) is 38.7 Å². The number of ketones is 1. The molecule has 1 aliphatic heterocycles. The van der Waals surface area contributed by atoms with E-state index < -0.39 is 6.10 Å². The van der Waals surface area contributed by atoms with E-state index in [0.29, 0.717) is 6.61 Å². The number of carbonyl (C=O) groups is 1. The number of ether oxygens (including phenoxy) is 1.